The number of hydrogen-bond donors (Lipinski definition) is 1. The van der Waals surface area contributed by atoms with Crippen molar-refractivity contribution in [3.05, 3.63) is 70.1 Å². The molecule has 1 aliphatic heterocycles. The van der Waals surface area contributed by atoms with Crippen LogP contribution in [0, 0.1) is 0 Å². The number of nitrogens with one attached hydrogen (secondary N) is 1. The molecule has 2 heterocycles. The monoisotopic (exact) mass is 398 g/mol. The van der Waals surface area contributed by atoms with E-state index in [1.165, 1.54) is 11.3 Å². The quantitative estimate of drug-likeness (QED) is 0.704. The molecular weight excluding hydrogens is 380 g/mol. The molecule has 3 aromatic rings. The van der Waals surface area contributed by atoms with Crippen molar-refractivity contribution in [2.24, 2.45) is 0 Å². The maximum absolute atomic E-state index is 12.8. The van der Waals surface area contributed by atoms with Crippen LogP contribution in [0.1, 0.15) is 28.1 Å². The van der Waals surface area contributed by atoms with Crippen molar-refractivity contribution >= 4 is 44.8 Å². The zero-order valence-electron chi connectivity index (χ0n) is 14.7. The minimum atomic E-state index is -0.469. The maximum Gasteiger partial charge on any atom is 0.262 e. The van der Waals surface area contributed by atoms with Crippen LogP contribution in [0.5, 0.6) is 0 Å². The Morgan fingerprint density at radius 2 is 2.00 bits per heavy atom. The van der Waals surface area contributed by atoms with Gasteiger partial charge in [-0.2, -0.15) is 0 Å². The number of halogens is 1. The third-order valence-electron chi connectivity index (χ3n) is 4.76. The van der Waals surface area contributed by atoms with Crippen LogP contribution >= 0.6 is 22.9 Å². The van der Waals surface area contributed by atoms with Gasteiger partial charge in [0.05, 0.1) is 4.88 Å². The molecule has 27 heavy (non-hydrogen) atoms. The Bertz CT molecular complexity index is 986. The molecule has 1 aromatic heterocycles. The SMILES string of the molecule is O=C(NC1CCCN(Cc2ccccc2)C1=O)c1cc2ccc(Cl)cc2s1. The van der Waals surface area contributed by atoms with Gasteiger partial charge in [-0.05, 0) is 42.0 Å². The van der Waals surface area contributed by atoms with Crippen LogP contribution < -0.4 is 5.32 Å². The van der Waals surface area contributed by atoms with E-state index in [2.05, 4.69) is 5.32 Å². The molecule has 1 aliphatic rings. The largest absolute Gasteiger partial charge is 0.340 e. The van der Waals surface area contributed by atoms with Gasteiger partial charge in [-0.1, -0.05) is 48.0 Å². The summed E-state index contributed by atoms with van der Waals surface area (Å²) in [7, 11) is 0. The highest BCUT2D eigenvalue weighted by Gasteiger charge is 2.30. The topological polar surface area (TPSA) is 49.4 Å². The van der Waals surface area contributed by atoms with E-state index in [4.69, 9.17) is 11.6 Å². The maximum atomic E-state index is 12.8. The van der Waals surface area contributed by atoms with Gasteiger partial charge in [-0.25, -0.2) is 0 Å². The Morgan fingerprint density at radius 3 is 2.81 bits per heavy atom. The molecule has 4 rings (SSSR count). The molecule has 1 atom stereocenters. The number of benzene rings is 2. The number of carbonyl (C=O) groups is 2. The van der Waals surface area contributed by atoms with Gasteiger partial charge in [0.15, 0.2) is 0 Å². The zero-order valence-corrected chi connectivity index (χ0v) is 16.2. The predicted molar refractivity (Wildman–Crippen MR) is 109 cm³/mol. The highest BCUT2D eigenvalue weighted by molar-refractivity contribution is 7.20. The number of nitrogens with zero attached hydrogens (tertiary/aromatic N) is 1. The average molecular weight is 399 g/mol. The summed E-state index contributed by atoms with van der Waals surface area (Å²) in [6.07, 6.45) is 1.55. The summed E-state index contributed by atoms with van der Waals surface area (Å²) >= 11 is 7.41. The van der Waals surface area contributed by atoms with Crippen molar-refractivity contribution in [3.63, 3.8) is 0 Å². The molecule has 0 spiro atoms. The molecule has 0 aliphatic carbocycles. The second kappa shape index (κ2) is 7.71. The Labute approximate surface area is 166 Å². The van der Waals surface area contributed by atoms with E-state index in [1.54, 1.807) is 0 Å². The van der Waals surface area contributed by atoms with Crippen molar-refractivity contribution in [3.8, 4) is 0 Å². The van der Waals surface area contributed by atoms with Gasteiger partial charge in [0, 0.05) is 22.8 Å². The minimum absolute atomic E-state index is 0.0115. The molecule has 1 unspecified atom stereocenters. The van der Waals surface area contributed by atoms with Gasteiger partial charge in [-0.15, -0.1) is 11.3 Å². The second-order valence-corrected chi connectivity index (χ2v) is 8.23. The molecule has 0 bridgehead atoms. The number of carbonyl (C=O) groups excluding carboxylic acids is 2. The number of fused-ring (bicyclic) bond motifs is 1. The Morgan fingerprint density at radius 1 is 1.19 bits per heavy atom. The number of rotatable bonds is 4. The zero-order chi connectivity index (χ0) is 18.8. The smallest absolute Gasteiger partial charge is 0.262 e. The Balaban J connectivity index is 1.45. The summed E-state index contributed by atoms with van der Waals surface area (Å²) in [5.41, 5.74) is 1.10. The molecule has 2 amide bonds. The Kier molecular flexibility index (Phi) is 5.14. The number of thiophene rings is 1. The van der Waals surface area contributed by atoms with Crippen LogP contribution in [0.2, 0.25) is 5.02 Å². The van der Waals surface area contributed by atoms with Gasteiger partial charge >= 0.3 is 0 Å². The molecule has 138 valence electrons. The van der Waals surface area contributed by atoms with Gasteiger partial charge in [0.2, 0.25) is 5.91 Å². The number of amides is 2. The third kappa shape index (κ3) is 3.99. The van der Waals surface area contributed by atoms with Crippen molar-refractivity contribution < 1.29 is 9.59 Å². The summed E-state index contributed by atoms with van der Waals surface area (Å²) in [4.78, 5) is 27.9. The fraction of sp³-hybridized carbons (Fsp3) is 0.238. The average Bonchev–Trinajstić information content (AvgIpc) is 3.09. The van der Waals surface area contributed by atoms with Gasteiger partial charge < -0.3 is 10.2 Å². The molecule has 1 N–H and O–H groups in total. The third-order valence-corrected chi connectivity index (χ3v) is 6.09. The van der Waals surface area contributed by atoms with Crippen LogP contribution in [0.4, 0.5) is 0 Å². The van der Waals surface area contributed by atoms with Crippen molar-refractivity contribution in [2.45, 2.75) is 25.4 Å². The van der Waals surface area contributed by atoms with Gasteiger partial charge in [0.25, 0.3) is 5.91 Å². The van der Waals surface area contributed by atoms with E-state index < -0.39 is 6.04 Å². The number of hydrogen-bond acceptors (Lipinski definition) is 3. The van der Waals surface area contributed by atoms with Crippen LogP contribution in [0.3, 0.4) is 0 Å². The molecule has 4 nitrogen and oxygen atoms in total. The van der Waals surface area contributed by atoms with E-state index in [0.29, 0.717) is 22.9 Å². The highest BCUT2D eigenvalue weighted by Crippen LogP contribution is 2.28. The van der Waals surface area contributed by atoms with Crippen molar-refractivity contribution in [1.29, 1.82) is 0 Å². The lowest BCUT2D eigenvalue weighted by Gasteiger charge is -2.32. The fourth-order valence-corrected chi connectivity index (χ4v) is 4.62. The van der Waals surface area contributed by atoms with Crippen LogP contribution in [0.25, 0.3) is 10.1 Å². The number of likely N-dealkylation sites (tertiary alicyclic amines) is 1. The van der Waals surface area contributed by atoms with E-state index in [0.717, 1.165) is 28.6 Å². The highest BCUT2D eigenvalue weighted by atomic mass is 35.5. The molecule has 0 radical (unpaired) electrons. The summed E-state index contributed by atoms with van der Waals surface area (Å²) in [6, 6.07) is 16.9. The molecular formula is C21H19ClN2O2S. The normalized spacial score (nSPS) is 17.3. The molecule has 6 heteroatoms. The lowest BCUT2D eigenvalue weighted by molar-refractivity contribution is -0.136. The van der Waals surface area contributed by atoms with Crippen molar-refractivity contribution in [1.82, 2.24) is 10.2 Å². The number of piperidine rings is 1. The molecule has 2 aromatic carbocycles. The Hall–Kier alpha value is -2.37. The van der Waals surface area contributed by atoms with E-state index in [1.807, 2.05) is 59.5 Å². The summed E-state index contributed by atoms with van der Waals surface area (Å²) in [6.45, 7) is 1.30. The molecule has 0 saturated carbocycles. The van der Waals surface area contributed by atoms with E-state index in [9.17, 15) is 9.59 Å². The van der Waals surface area contributed by atoms with E-state index in [-0.39, 0.29) is 11.8 Å². The lowest BCUT2D eigenvalue weighted by Crippen LogP contribution is -2.51. The van der Waals surface area contributed by atoms with Crippen LogP contribution in [-0.4, -0.2) is 29.3 Å². The van der Waals surface area contributed by atoms with E-state index >= 15 is 0 Å². The standard InChI is InChI=1S/C21H19ClN2O2S/c22-16-9-8-15-11-19(27-18(15)12-16)20(25)23-17-7-4-10-24(21(17)26)13-14-5-2-1-3-6-14/h1-3,5-6,8-9,11-12,17H,4,7,10,13H2,(H,23,25). The lowest BCUT2D eigenvalue weighted by atomic mass is 10.0. The molecule has 1 fully saturated rings. The van der Waals surface area contributed by atoms with Crippen LogP contribution in [-0.2, 0) is 11.3 Å². The minimum Gasteiger partial charge on any atom is -0.340 e. The van der Waals surface area contributed by atoms with Gasteiger partial charge in [-0.3, -0.25) is 9.59 Å². The first kappa shape index (κ1) is 18.0. The summed E-state index contributed by atoms with van der Waals surface area (Å²) in [5.74, 6) is -0.213. The first-order valence-electron chi connectivity index (χ1n) is 8.93. The van der Waals surface area contributed by atoms with Crippen LogP contribution in [0.15, 0.2) is 54.6 Å². The fourth-order valence-electron chi connectivity index (χ4n) is 3.38. The van der Waals surface area contributed by atoms with Crippen molar-refractivity contribution in [2.75, 3.05) is 6.54 Å². The second-order valence-electron chi connectivity index (χ2n) is 6.71. The van der Waals surface area contributed by atoms with Gasteiger partial charge in [0.1, 0.15) is 6.04 Å². The predicted octanol–water partition coefficient (Wildman–Crippen LogP) is 4.48. The molecule has 1 saturated heterocycles. The first-order valence-corrected chi connectivity index (χ1v) is 10.1. The summed E-state index contributed by atoms with van der Waals surface area (Å²) < 4.78 is 0.966. The summed E-state index contributed by atoms with van der Waals surface area (Å²) in [5, 5.41) is 4.55. The first-order chi connectivity index (χ1) is 13.1.